The van der Waals surface area contributed by atoms with Gasteiger partial charge in [-0.3, -0.25) is 4.57 Å². The van der Waals surface area contributed by atoms with Crippen LogP contribution in [-0.2, 0) is 5.41 Å². The highest BCUT2D eigenvalue weighted by atomic mass is 32.1. The number of para-hydroxylation sites is 2. The van der Waals surface area contributed by atoms with Crippen LogP contribution < -0.4 is 0 Å². The maximum absolute atomic E-state index is 5.51. The molecule has 0 amide bonds. The van der Waals surface area contributed by atoms with Crippen molar-refractivity contribution in [3.63, 3.8) is 0 Å². The first kappa shape index (κ1) is 34.3. The Morgan fingerprint density at radius 3 is 1.93 bits per heavy atom. The topological polar surface area (TPSA) is 17.8 Å². The first-order valence-electron chi connectivity index (χ1n) is 21.0. The molecule has 12 aromatic rings. The van der Waals surface area contributed by atoms with Gasteiger partial charge in [0.05, 0.1) is 22.0 Å². The molecule has 0 aliphatic heterocycles. The Bertz CT molecular complexity index is 3760. The highest BCUT2D eigenvalue weighted by Gasteiger charge is 2.38. The Labute approximate surface area is 356 Å². The molecule has 1 aliphatic rings. The van der Waals surface area contributed by atoms with Crippen molar-refractivity contribution in [1.82, 2.24) is 9.55 Å². The molecule has 0 bridgehead atoms. The summed E-state index contributed by atoms with van der Waals surface area (Å²) in [4.78, 5) is 5.51. The van der Waals surface area contributed by atoms with Crippen molar-refractivity contribution in [3.8, 4) is 28.1 Å². The SMILES string of the molecule is C1=CC(c2ccccc2)(c2ccc3c4ccccc4n(-c4cc(-c5cccc6c5sc5c(-c7ccccc7)cccc56)c5ccccc5n4)c3c2)c2cccc3cccc1c23. The van der Waals surface area contributed by atoms with Crippen LogP contribution in [0.3, 0.4) is 0 Å². The second kappa shape index (κ2) is 13.2. The maximum Gasteiger partial charge on any atom is 0.138 e. The van der Waals surface area contributed by atoms with E-state index in [2.05, 4.69) is 223 Å². The standard InChI is InChI=1S/C58H36N2S/c1-3-15-37(16-4-1)42-24-13-25-46-47-26-14-27-48(57(47)61-56(42)46)49-36-54(59-51-29-9-7-22-43(49)51)60-52-30-10-8-23-44(52)45-32-31-41(35-53(45)60)58(40-20-5-2-6-21-40)34-33-39-18-11-17-38-19-12-28-50(58)55(38)39/h1-36H. The monoisotopic (exact) mass is 792 g/mol. The number of pyridine rings is 1. The summed E-state index contributed by atoms with van der Waals surface area (Å²) in [5.41, 5.74) is 12.7. The molecule has 3 heteroatoms. The summed E-state index contributed by atoms with van der Waals surface area (Å²) in [7, 11) is 0. The van der Waals surface area contributed by atoms with Gasteiger partial charge in [0.15, 0.2) is 0 Å². The van der Waals surface area contributed by atoms with E-state index in [0.29, 0.717) is 0 Å². The summed E-state index contributed by atoms with van der Waals surface area (Å²) in [5.74, 6) is 0.903. The van der Waals surface area contributed by atoms with Crippen LogP contribution in [-0.4, -0.2) is 9.55 Å². The van der Waals surface area contributed by atoms with Gasteiger partial charge in [-0.1, -0.05) is 194 Å². The Hall–Kier alpha value is -7.59. The number of allylic oxidation sites excluding steroid dienone is 1. The van der Waals surface area contributed by atoms with Gasteiger partial charge in [-0.05, 0) is 74.0 Å². The van der Waals surface area contributed by atoms with Crippen molar-refractivity contribution in [2.24, 2.45) is 0 Å². The lowest BCUT2D eigenvalue weighted by atomic mass is 9.65. The van der Waals surface area contributed by atoms with E-state index >= 15 is 0 Å². The zero-order chi connectivity index (χ0) is 40.1. The third kappa shape index (κ3) is 4.99. The summed E-state index contributed by atoms with van der Waals surface area (Å²) in [6, 6.07) is 75.7. The van der Waals surface area contributed by atoms with Gasteiger partial charge in [0.1, 0.15) is 5.82 Å². The number of rotatable bonds is 5. The van der Waals surface area contributed by atoms with E-state index < -0.39 is 5.41 Å². The van der Waals surface area contributed by atoms with E-state index in [1.165, 1.54) is 86.2 Å². The van der Waals surface area contributed by atoms with Crippen molar-refractivity contribution in [2.75, 3.05) is 0 Å². The van der Waals surface area contributed by atoms with Gasteiger partial charge in [0.2, 0.25) is 0 Å². The minimum atomic E-state index is -0.512. The molecular formula is C58H36N2S. The van der Waals surface area contributed by atoms with Crippen molar-refractivity contribution in [3.05, 3.63) is 235 Å². The van der Waals surface area contributed by atoms with Crippen molar-refractivity contribution in [1.29, 1.82) is 0 Å². The zero-order valence-corrected chi connectivity index (χ0v) is 33.9. The minimum absolute atomic E-state index is 0.512. The van der Waals surface area contributed by atoms with Crippen LogP contribution in [0.25, 0.3) is 97.8 Å². The van der Waals surface area contributed by atoms with Gasteiger partial charge in [0.25, 0.3) is 0 Å². The third-order valence-corrected chi connectivity index (χ3v) is 14.4. The van der Waals surface area contributed by atoms with E-state index in [9.17, 15) is 0 Å². The normalized spacial score (nSPS) is 14.9. The third-order valence-electron chi connectivity index (χ3n) is 13.1. The van der Waals surface area contributed by atoms with Crippen LogP contribution in [0.5, 0.6) is 0 Å². The molecule has 61 heavy (non-hydrogen) atoms. The fourth-order valence-corrected chi connectivity index (χ4v) is 11.7. The van der Waals surface area contributed by atoms with Crippen LogP contribution in [0, 0.1) is 0 Å². The average molecular weight is 793 g/mol. The van der Waals surface area contributed by atoms with Crippen LogP contribution in [0.4, 0.5) is 0 Å². The highest BCUT2D eigenvalue weighted by molar-refractivity contribution is 7.26. The Morgan fingerprint density at radius 1 is 0.443 bits per heavy atom. The smallest absolute Gasteiger partial charge is 0.138 e. The molecule has 3 heterocycles. The number of thiophene rings is 1. The Kier molecular flexibility index (Phi) is 7.42. The van der Waals surface area contributed by atoms with E-state index in [-0.39, 0.29) is 0 Å². The molecule has 0 spiro atoms. The van der Waals surface area contributed by atoms with Gasteiger partial charge in [-0.2, -0.15) is 0 Å². The predicted molar refractivity (Wildman–Crippen MR) is 259 cm³/mol. The first-order valence-corrected chi connectivity index (χ1v) is 21.8. The summed E-state index contributed by atoms with van der Waals surface area (Å²) in [6.07, 6.45) is 4.76. The van der Waals surface area contributed by atoms with Crippen molar-refractivity contribution in [2.45, 2.75) is 5.41 Å². The molecular weight excluding hydrogens is 757 g/mol. The second-order valence-corrected chi connectivity index (χ2v) is 17.2. The maximum atomic E-state index is 5.51. The highest BCUT2D eigenvalue weighted by Crippen LogP contribution is 2.50. The fraction of sp³-hybridized carbons (Fsp3) is 0.0172. The number of benzene rings is 9. The average Bonchev–Trinajstić information content (AvgIpc) is 3.88. The molecule has 1 atom stereocenters. The molecule has 0 fully saturated rings. The number of nitrogens with zero attached hydrogens (tertiary/aromatic N) is 2. The summed E-state index contributed by atoms with van der Waals surface area (Å²) in [6.45, 7) is 0. The van der Waals surface area contributed by atoms with E-state index in [1.807, 2.05) is 11.3 Å². The number of fused-ring (bicyclic) bond motifs is 7. The molecule has 1 unspecified atom stereocenters. The van der Waals surface area contributed by atoms with Gasteiger partial charge in [-0.15, -0.1) is 11.3 Å². The van der Waals surface area contributed by atoms with Gasteiger partial charge >= 0.3 is 0 Å². The molecule has 2 nitrogen and oxygen atoms in total. The predicted octanol–water partition coefficient (Wildman–Crippen LogP) is 15.5. The molecule has 13 rings (SSSR count). The molecule has 0 saturated heterocycles. The molecule has 1 aliphatic carbocycles. The summed E-state index contributed by atoms with van der Waals surface area (Å²) in [5, 5.41) is 8.69. The quantitative estimate of drug-likeness (QED) is 0.170. The number of hydrogen-bond acceptors (Lipinski definition) is 2. The van der Waals surface area contributed by atoms with Crippen molar-refractivity contribution >= 4 is 81.1 Å². The Balaban J connectivity index is 1.09. The Morgan fingerprint density at radius 2 is 1.10 bits per heavy atom. The van der Waals surface area contributed by atoms with E-state index in [1.54, 1.807) is 0 Å². The molecule has 284 valence electrons. The number of hydrogen-bond donors (Lipinski definition) is 0. The lowest BCUT2D eigenvalue weighted by Crippen LogP contribution is -2.29. The molecule has 0 radical (unpaired) electrons. The first-order chi connectivity index (χ1) is 30.2. The largest absolute Gasteiger partial charge is 0.294 e. The van der Waals surface area contributed by atoms with E-state index in [0.717, 1.165) is 27.8 Å². The lowest BCUT2D eigenvalue weighted by molar-refractivity contribution is 0.787. The summed E-state index contributed by atoms with van der Waals surface area (Å²) < 4.78 is 5.01. The van der Waals surface area contributed by atoms with Gasteiger partial charge in [0, 0.05) is 41.9 Å². The zero-order valence-electron chi connectivity index (χ0n) is 33.1. The summed E-state index contributed by atoms with van der Waals surface area (Å²) >= 11 is 1.90. The van der Waals surface area contributed by atoms with Crippen LogP contribution in [0.1, 0.15) is 22.3 Å². The molecule has 0 N–H and O–H groups in total. The van der Waals surface area contributed by atoms with Crippen LogP contribution in [0.2, 0.25) is 0 Å². The van der Waals surface area contributed by atoms with Crippen LogP contribution >= 0.6 is 11.3 Å². The van der Waals surface area contributed by atoms with Gasteiger partial charge in [-0.25, -0.2) is 4.98 Å². The molecule has 0 saturated carbocycles. The van der Waals surface area contributed by atoms with Gasteiger partial charge < -0.3 is 0 Å². The minimum Gasteiger partial charge on any atom is -0.294 e. The lowest BCUT2D eigenvalue weighted by Gasteiger charge is -2.37. The second-order valence-electron chi connectivity index (χ2n) is 16.2. The van der Waals surface area contributed by atoms with Crippen molar-refractivity contribution < 1.29 is 0 Å². The fourth-order valence-electron chi connectivity index (χ4n) is 10.4. The van der Waals surface area contributed by atoms with Crippen LogP contribution in [0.15, 0.2) is 212 Å². The molecule has 3 aromatic heterocycles. The van der Waals surface area contributed by atoms with E-state index in [4.69, 9.17) is 4.98 Å². The molecule has 9 aromatic carbocycles. The number of aromatic nitrogens is 2.